The van der Waals surface area contributed by atoms with Crippen LogP contribution in [0.1, 0.15) is 19.4 Å². The number of hydrogen-bond donors (Lipinski definition) is 0. The Bertz CT molecular complexity index is 874. The number of aromatic nitrogens is 2. The second kappa shape index (κ2) is 7.13. The van der Waals surface area contributed by atoms with Crippen LogP contribution in [0.2, 0.25) is 10.0 Å². The van der Waals surface area contributed by atoms with Gasteiger partial charge in [0.1, 0.15) is 0 Å². The number of carbonyl (C=O) groups is 1. The monoisotopic (exact) mass is 389 g/mol. The first-order valence-corrected chi connectivity index (χ1v) is 9.52. The standard InChI is InChI=1S/C15H17Cl2N3O3S/c1-4-19(5-2)15(21)20-9-12(17)14(18-20)24(22,23)13-7-6-11(16)8-10(13)3/h6-9H,4-5H2,1-3H3. The van der Waals surface area contributed by atoms with Crippen molar-refractivity contribution in [1.82, 2.24) is 14.7 Å². The van der Waals surface area contributed by atoms with Crippen LogP contribution in [0.4, 0.5) is 4.79 Å². The quantitative estimate of drug-likeness (QED) is 0.799. The Kier molecular flexibility index (Phi) is 5.57. The van der Waals surface area contributed by atoms with Gasteiger partial charge < -0.3 is 4.90 Å². The Morgan fingerprint density at radius 1 is 1.25 bits per heavy atom. The van der Waals surface area contributed by atoms with Gasteiger partial charge in [0.25, 0.3) is 0 Å². The van der Waals surface area contributed by atoms with Gasteiger partial charge in [0, 0.05) is 18.1 Å². The maximum Gasteiger partial charge on any atom is 0.344 e. The molecular weight excluding hydrogens is 373 g/mol. The molecule has 1 amide bonds. The number of benzene rings is 1. The van der Waals surface area contributed by atoms with Crippen molar-refractivity contribution in [2.75, 3.05) is 13.1 Å². The Balaban J connectivity index is 2.51. The highest BCUT2D eigenvalue weighted by atomic mass is 35.5. The van der Waals surface area contributed by atoms with Crippen LogP contribution < -0.4 is 0 Å². The summed E-state index contributed by atoms with van der Waals surface area (Å²) in [5.74, 6) is 0. The predicted octanol–water partition coefficient (Wildman–Crippen LogP) is 3.64. The third-order valence-electron chi connectivity index (χ3n) is 3.55. The first kappa shape index (κ1) is 18.8. The topological polar surface area (TPSA) is 72.3 Å². The molecule has 0 aliphatic heterocycles. The summed E-state index contributed by atoms with van der Waals surface area (Å²) in [4.78, 5) is 13.9. The number of halogens is 2. The Morgan fingerprint density at radius 2 is 1.88 bits per heavy atom. The van der Waals surface area contributed by atoms with Crippen LogP contribution in [0.5, 0.6) is 0 Å². The normalized spacial score (nSPS) is 11.5. The van der Waals surface area contributed by atoms with E-state index in [1.807, 2.05) is 13.8 Å². The molecule has 0 saturated heterocycles. The first-order chi connectivity index (χ1) is 11.2. The minimum atomic E-state index is -3.96. The van der Waals surface area contributed by atoms with Crippen LogP contribution in [0.15, 0.2) is 34.3 Å². The largest absolute Gasteiger partial charge is 0.344 e. The summed E-state index contributed by atoms with van der Waals surface area (Å²) in [5.41, 5.74) is 0.475. The van der Waals surface area contributed by atoms with Crippen molar-refractivity contribution in [1.29, 1.82) is 0 Å². The van der Waals surface area contributed by atoms with Gasteiger partial charge in [0.2, 0.25) is 14.9 Å². The van der Waals surface area contributed by atoms with Crippen molar-refractivity contribution < 1.29 is 13.2 Å². The Labute approximate surface area is 150 Å². The molecule has 1 heterocycles. The van der Waals surface area contributed by atoms with Gasteiger partial charge in [-0.1, -0.05) is 23.2 Å². The lowest BCUT2D eigenvalue weighted by Crippen LogP contribution is -2.34. The van der Waals surface area contributed by atoms with Gasteiger partial charge in [-0.15, -0.1) is 0 Å². The lowest BCUT2D eigenvalue weighted by atomic mass is 10.2. The van der Waals surface area contributed by atoms with E-state index >= 15 is 0 Å². The average molecular weight is 390 g/mol. The number of carbonyl (C=O) groups excluding carboxylic acids is 1. The van der Waals surface area contributed by atoms with E-state index in [-0.39, 0.29) is 14.9 Å². The number of aryl methyl sites for hydroxylation is 1. The molecule has 0 bridgehead atoms. The Morgan fingerprint density at radius 3 is 2.42 bits per heavy atom. The van der Waals surface area contributed by atoms with Crippen molar-refractivity contribution >= 4 is 39.1 Å². The zero-order valence-electron chi connectivity index (χ0n) is 13.5. The van der Waals surface area contributed by atoms with E-state index in [0.29, 0.717) is 23.7 Å². The molecule has 0 unspecified atom stereocenters. The molecule has 0 atom stereocenters. The molecule has 0 N–H and O–H groups in total. The van der Waals surface area contributed by atoms with Crippen molar-refractivity contribution in [3.05, 3.63) is 40.0 Å². The van der Waals surface area contributed by atoms with Crippen LogP contribution >= 0.6 is 23.2 Å². The van der Waals surface area contributed by atoms with Gasteiger partial charge in [0.15, 0.2) is 0 Å². The van der Waals surface area contributed by atoms with Crippen LogP contribution in [0.3, 0.4) is 0 Å². The lowest BCUT2D eigenvalue weighted by molar-refractivity contribution is 0.201. The van der Waals surface area contributed by atoms with Gasteiger partial charge in [-0.05, 0) is 44.5 Å². The Hall–Kier alpha value is -1.57. The maximum absolute atomic E-state index is 12.8. The minimum Gasteiger partial charge on any atom is -0.323 e. The molecule has 0 aliphatic carbocycles. The van der Waals surface area contributed by atoms with Gasteiger partial charge in [-0.3, -0.25) is 0 Å². The smallest absolute Gasteiger partial charge is 0.323 e. The van der Waals surface area contributed by atoms with Gasteiger partial charge in [0.05, 0.1) is 16.1 Å². The highest BCUT2D eigenvalue weighted by molar-refractivity contribution is 7.91. The molecule has 0 aliphatic rings. The molecule has 9 heteroatoms. The first-order valence-electron chi connectivity index (χ1n) is 7.28. The molecule has 0 fully saturated rings. The van der Waals surface area contributed by atoms with Crippen molar-refractivity contribution in [3.8, 4) is 0 Å². The van der Waals surface area contributed by atoms with E-state index in [1.165, 1.54) is 23.2 Å². The van der Waals surface area contributed by atoms with E-state index in [2.05, 4.69) is 5.10 Å². The summed E-state index contributed by atoms with van der Waals surface area (Å²) in [7, 11) is -3.96. The molecule has 6 nitrogen and oxygen atoms in total. The molecule has 2 aromatic rings. The molecule has 24 heavy (non-hydrogen) atoms. The highest BCUT2D eigenvalue weighted by Gasteiger charge is 2.28. The van der Waals surface area contributed by atoms with E-state index in [9.17, 15) is 13.2 Å². The fourth-order valence-corrected chi connectivity index (χ4v) is 4.38. The molecule has 1 aromatic carbocycles. The molecule has 0 saturated carbocycles. The SMILES string of the molecule is CCN(CC)C(=O)n1cc(Cl)c(S(=O)(=O)c2ccc(Cl)cc2C)n1. The molecule has 1 aromatic heterocycles. The zero-order chi connectivity index (χ0) is 18.1. The van der Waals surface area contributed by atoms with Crippen LogP contribution in [-0.4, -0.2) is 42.2 Å². The fourth-order valence-electron chi connectivity index (χ4n) is 2.27. The zero-order valence-corrected chi connectivity index (χ0v) is 15.8. The molecule has 130 valence electrons. The van der Waals surface area contributed by atoms with Crippen LogP contribution in [0, 0.1) is 6.92 Å². The number of hydrogen-bond acceptors (Lipinski definition) is 4. The van der Waals surface area contributed by atoms with Crippen molar-refractivity contribution in [3.63, 3.8) is 0 Å². The second-order valence-corrected chi connectivity index (χ2v) is 7.77. The lowest BCUT2D eigenvalue weighted by Gasteiger charge is -2.17. The molecule has 0 spiro atoms. The fraction of sp³-hybridized carbons (Fsp3) is 0.333. The van der Waals surface area contributed by atoms with Crippen molar-refractivity contribution in [2.24, 2.45) is 0 Å². The summed E-state index contributed by atoms with van der Waals surface area (Å²) in [5, 5.41) is 3.88. The summed E-state index contributed by atoms with van der Waals surface area (Å²) in [6, 6.07) is 3.98. The van der Waals surface area contributed by atoms with Crippen LogP contribution in [0.25, 0.3) is 0 Å². The number of nitrogens with zero attached hydrogens (tertiary/aromatic N) is 3. The third-order valence-corrected chi connectivity index (χ3v) is 6.02. The van der Waals surface area contributed by atoms with E-state index in [4.69, 9.17) is 23.2 Å². The minimum absolute atomic E-state index is 0.0503. The van der Waals surface area contributed by atoms with Crippen LogP contribution in [-0.2, 0) is 9.84 Å². The number of rotatable bonds is 4. The summed E-state index contributed by atoms with van der Waals surface area (Å²) < 4.78 is 26.6. The molecular formula is C15H17Cl2N3O3S. The van der Waals surface area contributed by atoms with Gasteiger partial charge >= 0.3 is 6.03 Å². The summed E-state index contributed by atoms with van der Waals surface area (Å²) in [6.07, 6.45) is 1.21. The average Bonchev–Trinajstić information content (AvgIpc) is 2.90. The van der Waals surface area contributed by atoms with Crippen molar-refractivity contribution in [2.45, 2.75) is 30.7 Å². The highest BCUT2D eigenvalue weighted by Crippen LogP contribution is 2.29. The van der Waals surface area contributed by atoms with Gasteiger partial charge in [-0.2, -0.15) is 9.78 Å². The molecule has 0 radical (unpaired) electrons. The molecule has 2 rings (SSSR count). The number of sulfone groups is 1. The maximum atomic E-state index is 12.8. The van der Waals surface area contributed by atoms with E-state index in [0.717, 1.165) is 4.68 Å². The summed E-state index contributed by atoms with van der Waals surface area (Å²) in [6.45, 7) is 6.23. The van der Waals surface area contributed by atoms with E-state index in [1.54, 1.807) is 13.0 Å². The number of amides is 1. The summed E-state index contributed by atoms with van der Waals surface area (Å²) >= 11 is 11.9. The van der Waals surface area contributed by atoms with E-state index < -0.39 is 15.9 Å². The predicted molar refractivity (Wildman–Crippen MR) is 92.6 cm³/mol. The third kappa shape index (κ3) is 3.43. The second-order valence-electron chi connectivity index (χ2n) is 5.09. The van der Waals surface area contributed by atoms with Gasteiger partial charge in [-0.25, -0.2) is 13.2 Å².